The molecule has 0 heterocycles. The van der Waals surface area contributed by atoms with Gasteiger partial charge in [-0.1, -0.05) is 36.9 Å². The summed E-state index contributed by atoms with van der Waals surface area (Å²) in [5.41, 5.74) is 1.78. The molecule has 0 saturated carbocycles. The molecule has 1 aromatic rings. The van der Waals surface area contributed by atoms with Gasteiger partial charge in [-0.25, -0.2) is 0 Å². The second kappa shape index (κ2) is 3.77. The van der Waals surface area contributed by atoms with Crippen LogP contribution in [0.2, 0.25) is 0 Å². The molecule has 0 bridgehead atoms. The zero-order valence-corrected chi connectivity index (χ0v) is 7.12. The monoisotopic (exact) mass is 160 g/mol. The first kappa shape index (κ1) is 8.60. The van der Waals surface area contributed by atoms with Crippen molar-refractivity contribution in [3.8, 4) is 0 Å². The number of hydrogen-bond donors (Lipinski definition) is 1. The number of aliphatic hydroxyl groups excluding tert-OH is 1. The van der Waals surface area contributed by atoms with E-state index in [0.29, 0.717) is 5.76 Å². The van der Waals surface area contributed by atoms with Crippen LogP contribution in [-0.2, 0) is 0 Å². The zero-order valence-electron chi connectivity index (χ0n) is 7.12. The molecule has 0 aliphatic rings. The van der Waals surface area contributed by atoms with E-state index in [1.165, 1.54) is 0 Å². The lowest BCUT2D eigenvalue weighted by Crippen LogP contribution is -1.85. The average Bonchev–Trinajstić information content (AvgIpc) is 2.16. The fourth-order valence-corrected chi connectivity index (χ4v) is 1.06. The van der Waals surface area contributed by atoms with Crippen molar-refractivity contribution in [2.45, 2.75) is 6.92 Å². The van der Waals surface area contributed by atoms with Gasteiger partial charge in [0.15, 0.2) is 0 Å². The van der Waals surface area contributed by atoms with E-state index >= 15 is 0 Å². The van der Waals surface area contributed by atoms with E-state index < -0.39 is 0 Å². The molecule has 1 nitrogen and oxygen atoms in total. The Kier molecular flexibility index (Phi) is 2.70. The van der Waals surface area contributed by atoms with E-state index in [4.69, 9.17) is 0 Å². The first-order valence-electron chi connectivity index (χ1n) is 3.86. The van der Waals surface area contributed by atoms with Crippen molar-refractivity contribution in [3.05, 3.63) is 48.0 Å². The molecule has 1 rings (SSSR count). The van der Waals surface area contributed by atoms with Gasteiger partial charge < -0.3 is 5.11 Å². The predicted molar refractivity (Wildman–Crippen MR) is 52.8 cm³/mol. The molecule has 1 aromatic carbocycles. The van der Waals surface area contributed by atoms with Crippen LogP contribution < -0.4 is 0 Å². The number of benzene rings is 1. The van der Waals surface area contributed by atoms with E-state index in [1.54, 1.807) is 19.1 Å². The highest BCUT2D eigenvalue weighted by atomic mass is 16.3. The van der Waals surface area contributed by atoms with Gasteiger partial charge >= 0.3 is 0 Å². The summed E-state index contributed by atoms with van der Waals surface area (Å²) in [6.07, 6.45) is 3.40. The van der Waals surface area contributed by atoms with Crippen LogP contribution >= 0.6 is 0 Å². The van der Waals surface area contributed by atoms with Crippen LogP contribution in [0, 0.1) is 0 Å². The van der Waals surface area contributed by atoms with E-state index in [9.17, 15) is 5.11 Å². The number of hydrogen-bond acceptors (Lipinski definition) is 1. The molecule has 1 N–H and O–H groups in total. The minimum absolute atomic E-state index is 0.297. The molecule has 0 saturated heterocycles. The van der Waals surface area contributed by atoms with Crippen LogP contribution in [0.5, 0.6) is 0 Å². The maximum Gasteiger partial charge on any atom is 0.119 e. The Balaban J connectivity index is 3.22. The quantitative estimate of drug-likeness (QED) is 0.658. The SMILES string of the molecule is C=Cc1ccccc1/C(O)=C/C. The lowest BCUT2D eigenvalue weighted by molar-refractivity contribution is 0.511. The van der Waals surface area contributed by atoms with Gasteiger partial charge in [0.25, 0.3) is 0 Å². The molecule has 0 atom stereocenters. The molecule has 0 aliphatic heterocycles. The lowest BCUT2D eigenvalue weighted by Gasteiger charge is -2.03. The number of allylic oxidation sites excluding steroid dienone is 1. The first-order chi connectivity index (χ1) is 5.79. The minimum Gasteiger partial charge on any atom is -0.508 e. The maximum atomic E-state index is 9.45. The summed E-state index contributed by atoms with van der Waals surface area (Å²) in [5, 5.41) is 9.45. The third kappa shape index (κ3) is 1.56. The van der Waals surface area contributed by atoms with Gasteiger partial charge in [0.1, 0.15) is 5.76 Å². The molecular formula is C11H12O. The third-order valence-corrected chi connectivity index (χ3v) is 1.73. The summed E-state index contributed by atoms with van der Waals surface area (Å²) in [7, 11) is 0. The molecule has 0 unspecified atom stereocenters. The Labute approximate surface area is 72.7 Å². The van der Waals surface area contributed by atoms with Gasteiger partial charge in [-0.05, 0) is 18.6 Å². The second-order valence-electron chi connectivity index (χ2n) is 2.47. The largest absolute Gasteiger partial charge is 0.508 e. The normalized spacial score (nSPS) is 11.2. The summed E-state index contributed by atoms with van der Waals surface area (Å²) in [6, 6.07) is 7.60. The van der Waals surface area contributed by atoms with Gasteiger partial charge in [-0.2, -0.15) is 0 Å². The first-order valence-corrected chi connectivity index (χ1v) is 3.86. The van der Waals surface area contributed by atoms with Crippen molar-refractivity contribution in [2.24, 2.45) is 0 Å². The molecule has 12 heavy (non-hydrogen) atoms. The van der Waals surface area contributed by atoms with Crippen molar-refractivity contribution >= 4 is 11.8 Å². The summed E-state index contributed by atoms with van der Waals surface area (Å²) < 4.78 is 0. The fraction of sp³-hybridized carbons (Fsp3) is 0.0909. The van der Waals surface area contributed by atoms with E-state index in [1.807, 2.05) is 24.3 Å². The molecule has 0 aromatic heterocycles. The van der Waals surface area contributed by atoms with Gasteiger partial charge in [0.05, 0.1) is 0 Å². The van der Waals surface area contributed by atoms with Crippen LogP contribution in [0.4, 0.5) is 0 Å². The standard InChI is InChI=1S/C11H12O/c1-3-9-7-5-6-8-10(9)11(12)4-2/h3-8,12H,1H2,2H3/b11-4-. The topological polar surface area (TPSA) is 20.2 Å². The van der Waals surface area contributed by atoms with E-state index in [2.05, 4.69) is 6.58 Å². The third-order valence-electron chi connectivity index (χ3n) is 1.73. The highest BCUT2D eigenvalue weighted by Gasteiger charge is 2.00. The zero-order chi connectivity index (χ0) is 8.97. The maximum absolute atomic E-state index is 9.45. The van der Waals surface area contributed by atoms with Crippen molar-refractivity contribution in [1.29, 1.82) is 0 Å². The Morgan fingerprint density at radius 1 is 1.42 bits per heavy atom. The van der Waals surface area contributed by atoms with Crippen LogP contribution in [-0.4, -0.2) is 5.11 Å². The van der Waals surface area contributed by atoms with Crippen molar-refractivity contribution in [3.63, 3.8) is 0 Å². The molecular weight excluding hydrogens is 148 g/mol. The van der Waals surface area contributed by atoms with Gasteiger partial charge in [0, 0.05) is 5.56 Å². The lowest BCUT2D eigenvalue weighted by atomic mass is 10.1. The van der Waals surface area contributed by atoms with Gasteiger partial charge in [-0.15, -0.1) is 0 Å². The second-order valence-corrected chi connectivity index (χ2v) is 2.47. The molecule has 0 aliphatic carbocycles. The number of aliphatic hydroxyl groups is 1. The average molecular weight is 160 g/mol. The summed E-state index contributed by atoms with van der Waals surface area (Å²) in [4.78, 5) is 0. The summed E-state index contributed by atoms with van der Waals surface area (Å²) in [6.45, 7) is 5.47. The Morgan fingerprint density at radius 2 is 2.08 bits per heavy atom. The molecule has 0 fully saturated rings. The molecule has 0 amide bonds. The molecule has 1 heteroatoms. The minimum atomic E-state index is 0.297. The van der Waals surface area contributed by atoms with Crippen LogP contribution in [0.1, 0.15) is 18.1 Å². The smallest absolute Gasteiger partial charge is 0.119 e. The number of rotatable bonds is 2. The Hall–Kier alpha value is -1.50. The van der Waals surface area contributed by atoms with Gasteiger partial charge in [-0.3, -0.25) is 0 Å². The Bertz CT molecular complexity index is 311. The van der Waals surface area contributed by atoms with Crippen molar-refractivity contribution in [2.75, 3.05) is 0 Å². The van der Waals surface area contributed by atoms with Crippen LogP contribution in [0.3, 0.4) is 0 Å². The summed E-state index contributed by atoms with van der Waals surface area (Å²) in [5.74, 6) is 0.297. The van der Waals surface area contributed by atoms with Crippen LogP contribution in [0.15, 0.2) is 36.9 Å². The molecule has 62 valence electrons. The Morgan fingerprint density at radius 3 is 2.67 bits per heavy atom. The highest BCUT2D eigenvalue weighted by Crippen LogP contribution is 2.17. The van der Waals surface area contributed by atoms with E-state index in [0.717, 1.165) is 11.1 Å². The molecule has 0 spiro atoms. The fourth-order valence-electron chi connectivity index (χ4n) is 1.06. The van der Waals surface area contributed by atoms with Crippen LogP contribution in [0.25, 0.3) is 11.8 Å². The summed E-state index contributed by atoms with van der Waals surface area (Å²) >= 11 is 0. The van der Waals surface area contributed by atoms with Gasteiger partial charge in [0.2, 0.25) is 0 Å². The predicted octanol–water partition coefficient (Wildman–Crippen LogP) is 3.25. The molecule has 0 radical (unpaired) electrons. The van der Waals surface area contributed by atoms with Crippen molar-refractivity contribution in [1.82, 2.24) is 0 Å². The highest BCUT2D eigenvalue weighted by molar-refractivity contribution is 5.69. The van der Waals surface area contributed by atoms with E-state index in [-0.39, 0.29) is 0 Å². The van der Waals surface area contributed by atoms with Crippen molar-refractivity contribution < 1.29 is 5.11 Å².